The summed E-state index contributed by atoms with van der Waals surface area (Å²) in [6.45, 7) is 2.10. The van der Waals surface area contributed by atoms with Crippen LogP contribution in [0.25, 0.3) is 5.57 Å². The van der Waals surface area contributed by atoms with Crippen molar-refractivity contribution in [2.24, 2.45) is 0 Å². The van der Waals surface area contributed by atoms with Crippen LogP contribution in [-0.2, 0) is 6.42 Å². The minimum atomic E-state index is 1.00. The molecule has 0 heterocycles. The minimum Gasteiger partial charge on any atom is -0.0835 e. The van der Waals surface area contributed by atoms with Gasteiger partial charge in [0.25, 0.3) is 0 Å². The van der Waals surface area contributed by atoms with E-state index in [1.54, 1.807) is 0 Å². The van der Waals surface area contributed by atoms with Crippen LogP contribution in [0.3, 0.4) is 0 Å². The Morgan fingerprint density at radius 2 is 1.44 bits per heavy atom. The van der Waals surface area contributed by atoms with E-state index in [1.807, 2.05) is 0 Å². The second kappa shape index (κ2) is 5.32. The maximum absolute atomic E-state index is 2.20. The molecule has 0 aliphatic heterocycles. The van der Waals surface area contributed by atoms with Gasteiger partial charge < -0.3 is 0 Å². The van der Waals surface area contributed by atoms with Crippen molar-refractivity contribution in [2.45, 2.75) is 13.3 Å². The Labute approximate surface area is 97.3 Å². The van der Waals surface area contributed by atoms with Gasteiger partial charge in [0.05, 0.1) is 0 Å². The Bertz CT molecular complexity index is 452. The highest BCUT2D eigenvalue weighted by molar-refractivity contribution is 5.67. The number of rotatable bonds is 3. The highest BCUT2D eigenvalue weighted by Crippen LogP contribution is 2.19. The standard InChI is InChI=1S/C16H16/c1-2-15(16-11-7-4-8-12-16)13-14-9-5-3-6-10-14/h2-12H,13H2,1H3/b15-2-. The van der Waals surface area contributed by atoms with Gasteiger partial charge in [-0.05, 0) is 30.0 Å². The quantitative estimate of drug-likeness (QED) is 0.704. The van der Waals surface area contributed by atoms with Gasteiger partial charge in [0, 0.05) is 0 Å². The molecule has 0 amide bonds. The highest BCUT2D eigenvalue weighted by Gasteiger charge is 2.00. The highest BCUT2D eigenvalue weighted by atomic mass is 14.1. The predicted molar refractivity (Wildman–Crippen MR) is 70.2 cm³/mol. The Balaban J connectivity index is 2.20. The first kappa shape index (κ1) is 10.7. The van der Waals surface area contributed by atoms with Crippen LogP contribution in [0.1, 0.15) is 18.1 Å². The topological polar surface area (TPSA) is 0 Å². The summed E-state index contributed by atoms with van der Waals surface area (Å²) in [4.78, 5) is 0. The first-order valence-electron chi connectivity index (χ1n) is 5.64. The van der Waals surface area contributed by atoms with Crippen LogP contribution < -0.4 is 0 Å². The smallest absolute Gasteiger partial charge is 0.00231 e. The van der Waals surface area contributed by atoms with E-state index in [-0.39, 0.29) is 0 Å². The van der Waals surface area contributed by atoms with Crippen LogP contribution in [0.2, 0.25) is 0 Å². The molecular weight excluding hydrogens is 192 g/mol. The van der Waals surface area contributed by atoms with Gasteiger partial charge in [-0.1, -0.05) is 66.7 Å². The first-order chi connectivity index (χ1) is 7.90. The van der Waals surface area contributed by atoms with E-state index < -0.39 is 0 Å². The van der Waals surface area contributed by atoms with Gasteiger partial charge in [-0.25, -0.2) is 0 Å². The van der Waals surface area contributed by atoms with Gasteiger partial charge in [0.1, 0.15) is 0 Å². The molecule has 0 N–H and O–H groups in total. The molecule has 16 heavy (non-hydrogen) atoms. The second-order valence-corrected chi connectivity index (χ2v) is 3.84. The summed E-state index contributed by atoms with van der Waals surface area (Å²) in [5.41, 5.74) is 4.06. The third kappa shape index (κ3) is 2.60. The summed E-state index contributed by atoms with van der Waals surface area (Å²) < 4.78 is 0. The van der Waals surface area contributed by atoms with Crippen LogP contribution in [0, 0.1) is 0 Å². The monoisotopic (exact) mass is 208 g/mol. The molecule has 2 rings (SSSR count). The summed E-state index contributed by atoms with van der Waals surface area (Å²) in [6, 6.07) is 21.1. The number of hydrogen-bond acceptors (Lipinski definition) is 0. The van der Waals surface area contributed by atoms with E-state index in [9.17, 15) is 0 Å². The molecule has 0 heteroatoms. The van der Waals surface area contributed by atoms with Gasteiger partial charge in [-0.15, -0.1) is 0 Å². The predicted octanol–water partition coefficient (Wildman–Crippen LogP) is 4.33. The Morgan fingerprint density at radius 1 is 0.875 bits per heavy atom. The summed E-state index contributed by atoms with van der Waals surface area (Å²) in [7, 11) is 0. The zero-order valence-electron chi connectivity index (χ0n) is 9.56. The summed E-state index contributed by atoms with van der Waals surface area (Å²) >= 11 is 0. The van der Waals surface area contributed by atoms with Gasteiger partial charge in [0.15, 0.2) is 0 Å². The van der Waals surface area contributed by atoms with E-state index in [2.05, 4.69) is 73.7 Å². The van der Waals surface area contributed by atoms with Crippen molar-refractivity contribution in [1.29, 1.82) is 0 Å². The molecule has 0 atom stereocenters. The van der Waals surface area contributed by atoms with Crippen LogP contribution >= 0.6 is 0 Å². The Kier molecular flexibility index (Phi) is 3.55. The fourth-order valence-corrected chi connectivity index (χ4v) is 1.84. The van der Waals surface area contributed by atoms with Crippen LogP contribution in [0.4, 0.5) is 0 Å². The number of benzene rings is 2. The largest absolute Gasteiger partial charge is 0.0835 e. The van der Waals surface area contributed by atoms with Crippen molar-refractivity contribution in [3.63, 3.8) is 0 Å². The van der Waals surface area contributed by atoms with Gasteiger partial charge >= 0.3 is 0 Å². The molecule has 0 aliphatic rings. The molecule has 2 aromatic rings. The summed E-state index contributed by atoms with van der Waals surface area (Å²) in [5.74, 6) is 0. The minimum absolute atomic E-state index is 1.00. The lowest BCUT2D eigenvalue weighted by Crippen LogP contribution is -1.89. The molecule has 0 saturated heterocycles. The van der Waals surface area contributed by atoms with E-state index in [0.717, 1.165) is 6.42 Å². The van der Waals surface area contributed by atoms with Crippen molar-refractivity contribution >= 4 is 5.57 Å². The fraction of sp³-hybridized carbons (Fsp3) is 0.125. The fourth-order valence-electron chi connectivity index (χ4n) is 1.84. The SMILES string of the molecule is C/C=C(/Cc1ccccc1)c1ccccc1. The third-order valence-corrected chi connectivity index (χ3v) is 2.73. The lowest BCUT2D eigenvalue weighted by Gasteiger charge is -2.07. The molecule has 0 radical (unpaired) electrons. The van der Waals surface area contributed by atoms with Crippen molar-refractivity contribution in [3.8, 4) is 0 Å². The van der Waals surface area contributed by atoms with E-state index >= 15 is 0 Å². The zero-order chi connectivity index (χ0) is 11.2. The molecule has 0 aliphatic carbocycles. The van der Waals surface area contributed by atoms with Gasteiger partial charge in [-0.2, -0.15) is 0 Å². The molecular formula is C16H16. The van der Waals surface area contributed by atoms with Crippen molar-refractivity contribution in [1.82, 2.24) is 0 Å². The Morgan fingerprint density at radius 3 is 2.00 bits per heavy atom. The zero-order valence-corrected chi connectivity index (χ0v) is 9.56. The van der Waals surface area contributed by atoms with Gasteiger partial charge in [0.2, 0.25) is 0 Å². The average Bonchev–Trinajstić information content (AvgIpc) is 2.38. The van der Waals surface area contributed by atoms with Crippen LogP contribution in [0.5, 0.6) is 0 Å². The number of allylic oxidation sites excluding steroid dienone is 2. The number of hydrogen-bond donors (Lipinski definition) is 0. The summed E-state index contributed by atoms with van der Waals surface area (Å²) in [6.07, 6.45) is 3.20. The molecule has 0 bridgehead atoms. The van der Waals surface area contributed by atoms with Crippen molar-refractivity contribution in [3.05, 3.63) is 77.9 Å². The maximum atomic E-state index is 2.20. The molecule has 0 fully saturated rings. The lowest BCUT2D eigenvalue weighted by molar-refractivity contribution is 1.27. The lowest BCUT2D eigenvalue weighted by atomic mass is 9.98. The molecule has 0 nitrogen and oxygen atoms in total. The normalized spacial score (nSPS) is 11.4. The Hall–Kier alpha value is -1.82. The molecule has 80 valence electrons. The van der Waals surface area contributed by atoms with Gasteiger partial charge in [-0.3, -0.25) is 0 Å². The molecule has 0 spiro atoms. The molecule has 2 aromatic carbocycles. The second-order valence-electron chi connectivity index (χ2n) is 3.84. The maximum Gasteiger partial charge on any atom is -0.00231 e. The van der Waals surface area contributed by atoms with Crippen LogP contribution in [-0.4, -0.2) is 0 Å². The molecule has 0 aromatic heterocycles. The van der Waals surface area contributed by atoms with Crippen molar-refractivity contribution < 1.29 is 0 Å². The van der Waals surface area contributed by atoms with E-state index in [0.29, 0.717) is 0 Å². The van der Waals surface area contributed by atoms with E-state index in [1.165, 1.54) is 16.7 Å². The van der Waals surface area contributed by atoms with Crippen molar-refractivity contribution in [2.75, 3.05) is 0 Å². The third-order valence-electron chi connectivity index (χ3n) is 2.73. The summed E-state index contributed by atoms with van der Waals surface area (Å²) in [5, 5.41) is 0. The molecule has 0 saturated carbocycles. The molecule has 0 unspecified atom stereocenters. The van der Waals surface area contributed by atoms with Crippen LogP contribution in [0.15, 0.2) is 66.7 Å². The first-order valence-corrected chi connectivity index (χ1v) is 5.64. The van der Waals surface area contributed by atoms with E-state index in [4.69, 9.17) is 0 Å². The average molecular weight is 208 g/mol.